The van der Waals surface area contributed by atoms with E-state index >= 15 is 0 Å². The summed E-state index contributed by atoms with van der Waals surface area (Å²) in [5.74, 6) is -2.68. The molecule has 0 saturated carbocycles. The van der Waals surface area contributed by atoms with Crippen LogP contribution in [0.4, 0.5) is 13.2 Å². The summed E-state index contributed by atoms with van der Waals surface area (Å²) in [5.41, 5.74) is 9.51. The molecule has 182 valence electrons. The zero-order valence-corrected chi connectivity index (χ0v) is 19.7. The maximum atomic E-state index is 14.8. The zero-order chi connectivity index (χ0) is 26.0. The van der Waals surface area contributed by atoms with Gasteiger partial charge in [-0.2, -0.15) is 5.26 Å². The molecule has 36 heavy (non-hydrogen) atoms. The Bertz CT molecular complexity index is 1440. The molecule has 1 aliphatic rings. The first-order valence-corrected chi connectivity index (χ1v) is 11.3. The number of hydrogen-bond acceptors (Lipinski definition) is 4. The van der Waals surface area contributed by atoms with Crippen molar-refractivity contribution in [3.63, 3.8) is 0 Å². The highest BCUT2D eigenvalue weighted by molar-refractivity contribution is 6.13. The van der Waals surface area contributed by atoms with E-state index in [9.17, 15) is 18.0 Å². The van der Waals surface area contributed by atoms with Gasteiger partial charge in [0.05, 0.1) is 28.9 Å². The normalized spacial score (nSPS) is 16.2. The molecule has 0 aromatic heterocycles. The van der Waals surface area contributed by atoms with Crippen molar-refractivity contribution in [1.82, 2.24) is 4.90 Å². The fourth-order valence-electron chi connectivity index (χ4n) is 4.44. The number of nitrogens with two attached hydrogens (primary N) is 1. The van der Waals surface area contributed by atoms with Crippen LogP contribution >= 0.6 is 0 Å². The van der Waals surface area contributed by atoms with E-state index in [1.54, 1.807) is 37.3 Å². The molecule has 1 atom stereocenters. The summed E-state index contributed by atoms with van der Waals surface area (Å²) >= 11 is 0. The molecule has 0 aliphatic carbocycles. The molecule has 1 heterocycles. The van der Waals surface area contributed by atoms with Gasteiger partial charge in [0.25, 0.3) is 5.91 Å². The van der Waals surface area contributed by atoms with Gasteiger partial charge in [-0.15, -0.1) is 0 Å². The van der Waals surface area contributed by atoms with Crippen LogP contribution in [0.3, 0.4) is 0 Å². The third-order valence-corrected chi connectivity index (χ3v) is 6.30. The largest absolute Gasteiger partial charge is 0.400 e. The molecule has 3 aromatic carbocycles. The number of hydrogen-bond donors (Lipinski definition) is 1. The molecule has 4 rings (SSSR count). The van der Waals surface area contributed by atoms with E-state index in [-0.39, 0.29) is 24.1 Å². The van der Waals surface area contributed by atoms with Crippen molar-refractivity contribution >= 4 is 11.6 Å². The second-order valence-corrected chi connectivity index (χ2v) is 8.48. The molecule has 0 saturated heterocycles. The predicted molar refractivity (Wildman–Crippen MR) is 132 cm³/mol. The Morgan fingerprint density at radius 3 is 2.42 bits per heavy atom. The standard InChI is InChI=1S/C28H23F3N4O/c1-16-26(33)23(27(34-2)20-11-21(29)14-22(30)12-20)8-9-35(16)28(36)24-13-19(6-7-25(24)31)18-5-3-4-17(10-18)15-32/h3-7,10-14,16H,8-9,33H2,1-2H3. The average Bonchev–Trinajstić information content (AvgIpc) is 2.86. The number of halogens is 3. The maximum Gasteiger partial charge on any atom is 0.257 e. The van der Waals surface area contributed by atoms with E-state index in [1.165, 1.54) is 36.2 Å². The summed E-state index contributed by atoms with van der Waals surface area (Å²) in [6, 6.07) is 15.6. The van der Waals surface area contributed by atoms with Crippen molar-refractivity contribution in [2.75, 3.05) is 13.6 Å². The van der Waals surface area contributed by atoms with E-state index in [4.69, 9.17) is 11.0 Å². The number of rotatable bonds is 4. The number of nitriles is 1. The van der Waals surface area contributed by atoms with E-state index < -0.39 is 29.4 Å². The van der Waals surface area contributed by atoms with Gasteiger partial charge in [-0.1, -0.05) is 18.2 Å². The number of carbonyl (C=O) groups is 1. The smallest absolute Gasteiger partial charge is 0.257 e. The molecule has 3 aromatic rings. The van der Waals surface area contributed by atoms with Gasteiger partial charge >= 0.3 is 0 Å². The van der Waals surface area contributed by atoms with Crippen LogP contribution in [0.2, 0.25) is 0 Å². The van der Waals surface area contributed by atoms with Crippen molar-refractivity contribution < 1.29 is 18.0 Å². The number of carbonyl (C=O) groups excluding carboxylic acids is 1. The highest BCUT2D eigenvalue weighted by atomic mass is 19.1. The summed E-state index contributed by atoms with van der Waals surface area (Å²) in [5, 5.41) is 9.17. The maximum absolute atomic E-state index is 14.8. The lowest BCUT2D eigenvalue weighted by molar-refractivity contribution is 0.0702. The minimum absolute atomic E-state index is 0.116. The van der Waals surface area contributed by atoms with Gasteiger partial charge in [-0.3, -0.25) is 9.79 Å². The Kier molecular flexibility index (Phi) is 6.93. The molecular formula is C28H23F3N4O. The first-order valence-electron chi connectivity index (χ1n) is 11.3. The Morgan fingerprint density at radius 2 is 1.75 bits per heavy atom. The minimum atomic E-state index is -0.735. The number of nitrogens with zero attached hydrogens (tertiary/aromatic N) is 3. The van der Waals surface area contributed by atoms with Crippen molar-refractivity contribution in [1.29, 1.82) is 5.26 Å². The van der Waals surface area contributed by atoms with E-state index in [0.717, 1.165) is 6.07 Å². The first-order chi connectivity index (χ1) is 17.2. The summed E-state index contributed by atoms with van der Waals surface area (Å²) in [6.45, 7) is 1.92. The lowest BCUT2D eigenvalue weighted by Crippen LogP contribution is -2.46. The number of aliphatic imine (C=N–C) groups is 1. The van der Waals surface area contributed by atoms with Gasteiger partial charge in [0.15, 0.2) is 0 Å². The molecule has 0 radical (unpaired) electrons. The Hall–Kier alpha value is -4.38. The second-order valence-electron chi connectivity index (χ2n) is 8.48. The van der Waals surface area contributed by atoms with Gasteiger partial charge < -0.3 is 10.6 Å². The summed E-state index contributed by atoms with van der Waals surface area (Å²) in [6.07, 6.45) is 0.276. The van der Waals surface area contributed by atoms with E-state index in [0.29, 0.717) is 33.7 Å². The summed E-state index contributed by atoms with van der Waals surface area (Å²) in [7, 11) is 1.50. The molecule has 0 bridgehead atoms. The quantitative estimate of drug-likeness (QED) is 0.512. The number of benzene rings is 3. The van der Waals surface area contributed by atoms with Crippen LogP contribution in [0.25, 0.3) is 11.1 Å². The molecule has 8 heteroatoms. The molecule has 1 amide bonds. The molecule has 5 nitrogen and oxygen atoms in total. The van der Waals surface area contributed by atoms with Gasteiger partial charge in [-0.25, -0.2) is 13.2 Å². The van der Waals surface area contributed by atoms with Crippen LogP contribution < -0.4 is 5.73 Å². The van der Waals surface area contributed by atoms with Crippen molar-refractivity contribution in [2.24, 2.45) is 10.7 Å². The van der Waals surface area contributed by atoms with Crippen LogP contribution in [0.5, 0.6) is 0 Å². The Labute approximate surface area is 207 Å². The van der Waals surface area contributed by atoms with Crippen LogP contribution in [0.1, 0.15) is 34.8 Å². The van der Waals surface area contributed by atoms with E-state index in [1.807, 2.05) is 0 Å². The predicted octanol–water partition coefficient (Wildman–Crippen LogP) is 5.21. The molecular weight excluding hydrogens is 465 g/mol. The second kappa shape index (κ2) is 10.1. The molecule has 0 spiro atoms. The third kappa shape index (κ3) is 4.73. The van der Waals surface area contributed by atoms with Gasteiger partial charge in [-0.05, 0) is 60.9 Å². The first kappa shape index (κ1) is 24.7. The van der Waals surface area contributed by atoms with Crippen LogP contribution in [-0.2, 0) is 0 Å². The topological polar surface area (TPSA) is 82.5 Å². The highest BCUT2D eigenvalue weighted by Gasteiger charge is 2.32. The molecule has 0 fully saturated rings. The van der Waals surface area contributed by atoms with Crippen molar-refractivity contribution in [3.05, 3.63) is 106 Å². The van der Waals surface area contributed by atoms with Gasteiger partial charge in [0.1, 0.15) is 17.5 Å². The highest BCUT2D eigenvalue weighted by Crippen LogP contribution is 2.29. The third-order valence-electron chi connectivity index (χ3n) is 6.30. The lowest BCUT2D eigenvalue weighted by Gasteiger charge is -2.36. The van der Waals surface area contributed by atoms with E-state index in [2.05, 4.69) is 11.1 Å². The van der Waals surface area contributed by atoms with Gasteiger partial charge in [0.2, 0.25) is 0 Å². The van der Waals surface area contributed by atoms with Crippen LogP contribution in [0.15, 0.2) is 76.9 Å². The zero-order valence-electron chi connectivity index (χ0n) is 19.7. The van der Waals surface area contributed by atoms with Crippen LogP contribution in [-0.4, -0.2) is 36.2 Å². The fourth-order valence-corrected chi connectivity index (χ4v) is 4.44. The SMILES string of the molecule is CN=C(C1=C(N)C(C)N(C(=O)c2cc(-c3cccc(C#N)c3)ccc2F)CC1)c1cc(F)cc(F)c1. The Balaban J connectivity index is 1.66. The van der Waals surface area contributed by atoms with Crippen molar-refractivity contribution in [2.45, 2.75) is 19.4 Å². The monoisotopic (exact) mass is 488 g/mol. The Morgan fingerprint density at radius 1 is 1.06 bits per heavy atom. The van der Waals surface area contributed by atoms with Crippen LogP contribution in [0, 0.1) is 28.8 Å². The molecule has 1 unspecified atom stereocenters. The van der Waals surface area contributed by atoms with Crippen molar-refractivity contribution in [3.8, 4) is 17.2 Å². The fraction of sp³-hybridized carbons (Fsp3) is 0.179. The summed E-state index contributed by atoms with van der Waals surface area (Å²) < 4.78 is 42.4. The molecule has 2 N–H and O–H groups in total. The molecule has 1 aliphatic heterocycles. The summed E-state index contributed by atoms with van der Waals surface area (Å²) in [4.78, 5) is 19.1. The minimum Gasteiger partial charge on any atom is -0.400 e. The lowest BCUT2D eigenvalue weighted by atomic mass is 9.91. The van der Waals surface area contributed by atoms with Gasteiger partial charge in [0, 0.05) is 36.5 Å². The number of amides is 1. The average molecular weight is 489 g/mol.